The van der Waals surface area contributed by atoms with Gasteiger partial charge in [-0.15, -0.1) is 0 Å². The molecule has 0 saturated heterocycles. The summed E-state index contributed by atoms with van der Waals surface area (Å²) in [6.07, 6.45) is -3.53. The summed E-state index contributed by atoms with van der Waals surface area (Å²) in [5.41, 5.74) is 3.90. The molecule has 4 rings (SSSR count). The quantitative estimate of drug-likeness (QED) is 0.191. The van der Waals surface area contributed by atoms with Crippen LogP contribution in [0.15, 0.2) is 83.1 Å². The van der Waals surface area contributed by atoms with Crippen molar-refractivity contribution in [1.82, 2.24) is 15.0 Å². The predicted octanol–water partition coefficient (Wildman–Crippen LogP) is 6.00. The molecule has 1 heterocycles. The Morgan fingerprint density at radius 2 is 1.76 bits per heavy atom. The lowest BCUT2D eigenvalue weighted by molar-refractivity contribution is -0.137. The number of halogens is 4. The van der Waals surface area contributed by atoms with E-state index in [9.17, 15) is 18.0 Å². The average molecular weight is 503 g/mol. The summed E-state index contributed by atoms with van der Waals surface area (Å²) in [6, 6.07) is 20.1. The van der Waals surface area contributed by atoms with E-state index in [1.165, 1.54) is 30.0 Å². The smallest absolute Gasteiger partial charge is 0.314 e. The number of carbonyl (C=O) groups excluding carboxylic acids is 1. The minimum absolute atomic E-state index is 0.0237. The number of benzene rings is 3. The van der Waals surface area contributed by atoms with E-state index in [2.05, 4.69) is 15.5 Å². The number of nitrogens with zero attached hydrogens (tertiary/aromatic N) is 3. The van der Waals surface area contributed by atoms with Crippen LogP contribution in [0.4, 0.5) is 13.2 Å². The highest BCUT2D eigenvalue weighted by atomic mass is 35.5. The van der Waals surface area contributed by atoms with Crippen LogP contribution in [-0.2, 0) is 17.5 Å². The van der Waals surface area contributed by atoms with Crippen molar-refractivity contribution in [3.05, 3.63) is 94.5 Å². The standard InChI is InChI=1S/C24H18ClF3N4OS/c25-19-10-4-2-8-17(19)14-32-21-12-6-5-11-20(21)30-23(32)34-15-22(33)31-29-13-16-7-1-3-9-18(16)24(26,27)28/h1-13H,14-15H2,(H,31,33). The minimum Gasteiger partial charge on any atom is -0.314 e. The summed E-state index contributed by atoms with van der Waals surface area (Å²) in [6.45, 7) is 0.469. The van der Waals surface area contributed by atoms with Gasteiger partial charge >= 0.3 is 6.18 Å². The van der Waals surface area contributed by atoms with Crippen molar-refractivity contribution in [2.75, 3.05) is 5.75 Å². The highest BCUT2D eigenvalue weighted by Gasteiger charge is 2.32. The number of alkyl halides is 3. The number of hydrogen-bond donors (Lipinski definition) is 1. The molecule has 0 aliphatic rings. The second-order valence-corrected chi connectivity index (χ2v) is 8.58. The van der Waals surface area contributed by atoms with Crippen LogP contribution in [0.3, 0.4) is 0 Å². The number of amides is 1. The molecule has 1 amide bonds. The van der Waals surface area contributed by atoms with Crippen LogP contribution < -0.4 is 5.43 Å². The SMILES string of the molecule is O=C(CSc1nc2ccccc2n1Cc1ccccc1Cl)NN=Cc1ccccc1C(F)(F)F. The van der Waals surface area contributed by atoms with Gasteiger partial charge in [-0.3, -0.25) is 4.79 Å². The summed E-state index contributed by atoms with van der Waals surface area (Å²) in [7, 11) is 0. The molecule has 0 unspecified atom stereocenters. The second kappa shape index (κ2) is 10.3. The summed E-state index contributed by atoms with van der Waals surface area (Å²) in [4.78, 5) is 16.9. The molecule has 0 bridgehead atoms. The summed E-state index contributed by atoms with van der Waals surface area (Å²) in [5.74, 6) is -0.494. The number of carbonyl (C=O) groups is 1. The Labute approximate surface area is 202 Å². The zero-order valence-electron chi connectivity index (χ0n) is 17.6. The van der Waals surface area contributed by atoms with Crippen LogP contribution in [0.25, 0.3) is 11.0 Å². The summed E-state index contributed by atoms with van der Waals surface area (Å²) >= 11 is 7.53. The average Bonchev–Trinajstić information content (AvgIpc) is 3.16. The molecule has 4 aromatic rings. The largest absolute Gasteiger partial charge is 0.417 e. The Morgan fingerprint density at radius 1 is 1.06 bits per heavy atom. The number of hydrogen-bond acceptors (Lipinski definition) is 4. The van der Waals surface area contributed by atoms with E-state index in [1.54, 1.807) is 0 Å². The van der Waals surface area contributed by atoms with E-state index in [-0.39, 0.29) is 11.3 Å². The lowest BCUT2D eigenvalue weighted by Crippen LogP contribution is -2.20. The molecule has 0 atom stereocenters. The number of imidazole rings is 1. The Morgan fingerprint density at radius 3 is 2.56 bits per heavy atom. The number of nitrogens with one attached hydrogen (secondary N) is 1. The Kier molecular flexibility index (Phi) is 7.23. The third-order valence-corrected chi connectivity index (χ3v) is 6.24. The van der Waals surface area contributed by atoms with Crippen LogP contribution in [0.5, 0.6) is 0 Å². The third-order valence-electron chi connectivity index (χ3n) is 4.90. The number of aromatic nitrogens is 2. The monoisotopic (exact) mass is 502 g/mol. The molecule has 0 saturated carbocycles. The lowest BCUT2D eigenvalue weighted by atomic mass is 10.1. The summed E-state index contributed by atoms with van der Waals surface area (Å²) in [5, 5.41) is 4.93. The van der Waals surface area contributed by atoms with Crippen molar-refractivity contribution in [1.29, 1.82) is 0 Å². The van der Waals surface area contributed by atoms with Crippen molar-refractivity contribution < 1.29 is 18.0 Å². The fourth-order valence-electron chi connectivity index (χ4n) is 3.32. The topological polar surface area (TPSA) is 59.3 Å². The summed E-state index contributed by atoms with van der Waals surface area (Å²) < 4.78 is 41.2. The van der Waals surface area contributed by atoms with Gasteiger partial charge in [-0.25, -0.2) is 10.4 Å². The molecule has 0 spiro atoms. The van der Waals surface area contributed by atoms with Crippen LogP contribution in [-0.4, -0.2) is 27.4 Å². The molecule has 5 nitrogen and oxygen atoms in total. The fourth-order valence-corrected chi connectivity index (χ4v) is 4.32. The van der Waals surface area contributed by atoms with Crippen molar-refractivity contribution >= 4 is 46.5 Å². The van der Waals surface area contributed by atoms with E-state index in [0.29, 0.717) is 16.7 Å². The molecular weight excluding hydrogens is 485 g/mol. The first-order chi connectivity index (χ1) is 16.3. The van der Waals surface area contributed by atoms with Crippen LogP contribution in [0.2, 0.25) is 5.02 Å². The Bertz CT molecular complexity index is 1350. The Hall–Kier alpha value is -3.30. The molecule has 10 heteroatoms. The van der Waals surface area contributed by atoms with E-state index < -0.39 is 17.6 Å². The first-order valence-corrected chi connectivity index (χ1v) is 11.5. The molecule has 1 N–H and O–H groups in total. The van der Waals surface area contributed by atoms with Crippen molar-refractivity contribution in [3.8, 4) is 0 Å². The molecule has 0 fully saturated rings. The maximum absolute atomic E-state index is 13.1. The first-order valence-electron chi connectivity index (χ1n) is 10.1. The number of fused-ring (bicyclic) bond motifs is 1. The zero-order chi connectivity index (χ0) is 24.1. The van der Waals surface area contributed by atoms with Gasteiger partial charge in [-0.05, 0) is 29.8 Å². The number of thioether (sulfide) groups is 1. The van der Waals surface area contributed by atoms with Crippen LogP contribution >= 0.6 is 23.4 Å². The molecule has 0 aliphatic heterocycles. The molecule has 0 aliphatic carbocycles. The molecule has 34 heavy (non-hydrogen) atoms. The van der Waals surface area contributed by atoms with Gasteiger partial charge in [0.25, 0.3) is 5.91 Å². The maximum Gasteiger partial charge on any atom is 0.417 e. The molecular formula is C24H18ClF3N4OS. The normalized spacial score (nSPS) is 11.9. The molecule has 1 aromatic heterocycles. The Balaban J connectivity index is 1.46. The van der Waals surface area contributed by atoms with Crippen molar-refractivity contribution in [3.63, 3.8) is 0 Å². The number of rotatable bonds is 7. The van der Waals surface area contributed by atoms with Crippen LogP contribution in [0, 0.1) is 0 Å². The van der Waals surface area contributed by atoms with Gasteiger partial charge in [-0.2, -0.15) is 18.3 Å². The van der Waals surface area contributed by atoms with Gasteiger partial charge in [0.1, 0.15) is 0 Å². The molecule has 0 radical (unpaired) electrons. The van der Waals surface area contributed by atoms with Gasteiger partial charge in [0.2, 0.25) is 0 Å². The van der Waals surface area contributed by atoms with E-state index in [0.717, 1.165) is 28.9 Å². The van der Waals surface area contributed by atoms with Gasteiger partial charge < -0.3 is 4.57 Å². The molecule has 174 valence electrons. The minimum atomic E-state index is -4.51. The van der Waals surface area contributed by atoms with Gasteiger partial charge in [0.15, 0.2) is 5.16 Å². The zero-order valence-corrected chi connectivity index (χ0v) is 19.2. The lowest BCUT2D eigenvalue weighted by Gasteiger charge is -2.10. The van der Waals surface area contributed by atoms with Crippen molar-refractivity contribution in [2.24, 2.45) is 5.10 Å². The number of hydrazone groups is 1. The van der Waals surface area contributed by atoms with Gasteiger partial charge in [0.05, 0.1) is 35.1 Å². The fraction of sp³-hybridized carbons (Fsp3) is 0.125. The number of para-hydroxylation sites is 2. The van der Waals surface area contributed by atoms with Gasteiger partial charge in [-0.1, -0.05) is 71.9 Å². The van der Waals surface area contributed by atoms with Crippen LogP contribution in [0.1, 0.15) is 16.7 Å². The van der Waals surface area contributed by atoms with Crippen molar-refractivity contribution in [2.45, 2.75) is 17.9 Å². The van der Waals surface area contributed by atoms with E-state index in [1.807, 2.05) is 53.1 Å². The highest BCUT2D eigenvalue weighted by molar-refractivity contribution is 7.99. The van der Waals surface area contributed by atoms with E-state index in [4.69, 9.17) is 11.6 Å². The molecule has 3 aromatic carbocycles. The van der Waals surface area contributed by atoms with E-state index >= 15 is 0 Å². The predicted molar refractivity (Wildman–Crippen MR) is 128 cm³/mol. The van der Waals surface area contributed by atoms with Gasteiger partial charge in [0, 0.05) is 10.6 Å². The highest BCUT2D eigenvalue weighted by Crippen LogP contribution is 2.31. The second-order valence-electron chi connectivity index (χ2n) is 7.23. The first kappa shape index (κ1) is 23.8. The third kappa shape index (κ3) is 5.60. The maximum atomic E-state index is 13.1.